The van der Waals surface area contributed by atoms with Crippen LogP contribution in [0.15, 0.2) is 30.3 Å². The zero-order chi connectivity index (χ0) is 20.8. The molecule has 0 spiro atoms. The third-order valence-corrected chi connectivity index (χ3v) is 4.28. The number of aryl methyl sites for hydroxylation is 5. The van der Waals surface area contributed by atoms with Crippen LogP contribution in [0.4, 0.5) is 5.69 Å². The third-order valence-electron chi connectivity index (χ3n) is 4.28. The van der Waals surface area contributed by atoms with Gasteiger partial charge in [-0.2, -0.15) is 0 Å². The van der Waals surface area contributed by atoms with Gasteiger partial charge in [-0.3, -0.25) is 14.4 Å². The predicted octanol–water partition coefficient (Wildman–Crippen LogP) is 2.71. The average molecular weight is 381 g/mol. The first-order valence-corrected chi connectivity index (χ1v) is 9.16. The molecule has 2 rings (SSSR count). The molecule has 0 fully saturated rings. The van der Waals surface area contributed by atoms with E-state index in [9.17, 15) is 14.4 Å². The maximum Gasteiger partial charge on any atom is 0.251 e. The van der Waals surface area contributed by atoms with Crippen LogP contribution in [0.5, 0.6) is 0 Å². The molecule has 0 bridgehead atoms. The monoisotopic (exact) mass is 381 g/mol. The minimum atomic E-state index is -0.426. The molecule has 0 aliphatic heterocycles. The molecule has 2 aromatic carbocycles. The molecule has 148 valence electrons. The first-order valence-electron chi connectivity index (χ1n) is 9.16. The second-order valence-electron chi connectivity index (χ2n) is 7.16. The van der Waals surface area contributed by atoms with Crippen molar-refractivity contribution < 1.29 is 14.4 Å². The third kappa shape index (κ3) is 5.94. The van der Waals surface area contributed by atoms with E-state index in [4.69, 9.17) is 0 Å². The number of hydrogen-bond donors (Lipinski definition) is 3. The van der Waals surface area contributed by atoms with Crippen molar-refractivity contribution in [3.63, 3.8) is 0 Å². The van der Waals surface area contributed by atoms with E-state index in [2.05, 4.69) is 16.0 Å². The van der Waals surface area contributed by atoms with Crippen molar-refractivity contribution in [3.05, 3.63) is 63.7 Å². The number of amides is 3. The van der Waals surface area contributed by atoms with Crippen molar-refractivity contribution >= 4 is 23.4 Å². The lowest BCUT2D eigenvalue weighted by molar-refractivity contribution is -0.123. The maximum absolute atomic E-state index is 12.2. The highest BCUT2D eigenvalue weighted by molar-refractivity contribution is 5.98. The Morgan fingerprint density at radius 3 is 1.75 bits per heavy atom. The summed E-state index contributed by atoms with van der Waals surface area (Å²) in [5, 5.41) is 7.91. The van der Waals surface area contributed by atoms with Crippen LogP contribution in [-0.2, 0) is 9.59 Å². The average Bonchev–Trinajstić information content (AvgIpc) is 2.60. The Kier molecular flexibility index (Phi) is 6.93. The highest BCUT2D eigenvalue weighted by Crippen LogP contribution is 2.21. The van der Waals surface area contributed by atoms with E-state index in [1.54, 1.807) is 12.1 Å². The van der Waals surface area contributed by atoms with Gasteiger partial charge < -0.3 is 16.0 Å². The molecule has 0 aliphatic carbocycles. The van der Waals surface area contributed by atoms with Gasteiger partial charge in [0.25, 0.3) is 5.91 Å². The molecule has 3 amide bonds. The second kappa shape index (κ2) is 9.17. The quantitative estimate of drug-likeness (QED) is 0.719. The molecule has 6 heteroatoms. The van der Waals surface area contributed by atoms with E-state index in [1.165, 1.54) is 0 Å². The first kappa shape index (κ1) is 21.2. The van der Waals surface area contributed by atoms with Crippen LogP contribution in [-0.4, -0.2) is 30.8 Å². The standard InChI is InChI=1S/C22H27N3O3/c1-13-6-14(2)10-18(9-13)22(28)24-11-19(26)23-12-20(27)25-21-16(4)7-15(3)8-17(21)5/h6-10H,11-12H2,1-5H3,(H,23,26)(H,24,28)(H,25,27). The van der Waals surface area contributed by atoms with Gasteiger partial charge in [0, 0.05) is 11.3 Å². The summed E-state index contributed by atoms with van der Waals surface area (Å²) < 4.78 is 0. The van der Waals surface area contributed by atoms with Gasteiger partial charge >= 0.3 is 0 Å². The molecule has 0 aromatic heterocycles. The number of carbonyl (C=O) groups is 3. The normalized spacial score (nSPS) is 10.3. The van der Waals surface area contributed by atoms with Crippen molar-refractivity contribution in [1.29, 1.82) is 0 Å². The van der Waals surface area contributed by atoms with Crippen LogP contribution in [0, 0.1) is 34.6 Å². The van der Waals surface area contributed by atoms with Crippen molar-refractivity contribution in [2.45, 2.75) is 34.6 Å². The maximum atomic E-state index is 12.2. The molecule has 0 aliphatic rings. The molecule has 0 heterocycles. The lowest BCUT2D eigenvalue weighted by Crippen LogP contribution is -2.40. The first-order chi connectivity index (χ1) is 13.2. The topological polar surface area (TPSA) is 87.3 Å². The molecule has 28 heavy (non-hydrogen) atoms. The number of rotatable bonds is 6. The van der Waals surface area contributed by atoms with Crippen LogP contribution in [0.25, 0.3) is 0 Å². The molecule has 0 unspecified atom stereocenters. The molecular weight excluding hydrogens is 354 g/mol. The Labute approximate surface area is 165 Å². The van der Waals surface area contributed by atoms with Gasteiger partial charge in [0.15, 0.2) is 0 Å². The SMILES string of the molecule is Cc1cc(C)cc(C(=O)NCC(=O)NCC(=O)Nc2c(C)cc(C)cc2C)c1. The van der Waals surface area contributed by atoms with E-state index in [-0.39, 0.29) is 24.9 Å². The van der Waals surface area contributed by atoms with Crippen molar-refractivity contribution in [3.8, 4) is 0 Å². The van der Waals surface area contributed by atoms with E-state index in [1.807, 2.05) is 52.8 Å². The molecule has 0 atom stereocenters. The van der Waals surface area contributed by atoms with Crippen LogP contribution in [0.3, 0.4) is 0 Å². The van der Waals surface area contributed by atoms with Gasteiger partial charge in [-0.25, -0.2) is 0 Å². The van der Waals surface area contributed by atoms with Crippen molar-refractivity contribution in [2.75, 3.05) is 18.4 Å². The minimum absolute atomic E-state index is 0.162. The minimum Gasteiger partial charge on any atom is -0.345 e. The summed E-state index contributed by atoms with van der Waals surface area (Å²) in [6.45, 7) is 9.32. The number of anilines is 1. The molecule has 3 N–H and O–H groups in total. The summed E-state index contributed by atoms with van der Waals surface area (Å²) in [6, 6.07) is 9.48. The number of nitrogens with one attached hydrogen (secondary N) is 3. The fourth-order valence-corrected chi connectivity index (χ4v) is 3.17. The van der Waals surface area contributed by atoms with E-state index in [0.717, 1.165) is 33.5 Å². The van der Waals surface area contributed by atoms with Crippen LogP contribution in [0.2, 0.25) is 0 Å². The van der Waals surface area contributed by atoms with E-state index < -0.39 is 5.91 Å². The second-order valence-corrected chi connectivity index (χ2v) is 7.16. The molecule has 2 aromatic rings. The Morgan fingerprint density at radius 2 is 1.18 bits per heavy atom. The van der Waals surface area contributed by atoms with Gasteiger partial charge in [0.2, 0.25) is 11.8 Å². The Bertz CT molecular complexity index is 876. The molecule has 0 saturated carbocycles. The van der Waals surface area contributed by atoms with Gasteiger partial charge in [-0.05, 0) is 57.9 Å². The smallest absolute Gasteiger partial charge is 0.251 e. The summed E-state index contributed by atoms with van der Waals surface area (Å²) in [5.74, 6) is -1.06. The van der Waals surface area contributed by atoms with E-state index in [0.29, 0.717) is 5.56 Å². The number of carbonyl (C=O) groups excluding carboxylic acids is 3. The summed E-state index contributed by atoms with van der Waals surface area (Å²) >= 11 is 0. The number of benzene rings is 2. The highest BCUT2D eigenvalue weighted by Gasteiger charge is 2.12. The Balaban J connectivity index is 1.82. The Morgan fingerprint density at radius 1 is 0.679 bits per heavy atom. The lowest BCUT2D eigenvalue weighted by Gasteiger charge is -2.13. The largest absolute Gasteiger partial charge is 0.345 e. The lowest BCUT2D eigenvalue weighted by atomic mass is 10.1. The summed E-state index contributed by atoms with van der Waals surface area (Å²) in [6.07, 6.45) is 0. The zero-order valence-electron chi connectivity index (χ0n) is 17.0. The fourth-order valence-electron chi connectivity index (χ4n) is 3.17. The summed E-state index contributed by atoms with van der Waals surface area (Å²) in [4.78, 5) is 36.2. The van der Waals surface area contributed by atoms with Crippen LogP contribution >= 0.6 is 0 Å². The predicted molar refractivity (Wildman–Crippen MR) is 111 cm³/mol. The molecule has 6 nitrogen and oxygen atoms in total. The summed E-state index contributed by atoms with van der Waals surface area (Å²) in [5.41, 5.74) is 6.29. The Hall–Kier alpha value is -3.15. The zero-order valence-corrected chi connectivity index (χ0v) is 17.0. The molecule has 0 radical (unpaired) electrons. The van der Waals surface area contributed by atoms with Crippen LogP contribution < -0.4 is 16.0 Å². The van der Waals surface area contributed by atoms with Crippen LogP contribution in [0.1, 0.15) is 38.2 Å². The van der Waals surface area contributed by atoms with Gasteiger partial charge in [-0.15, -0.1) is 0 Å². The highest BCUT2D eigenvalue weighted by atomic mass is 16.2. The van der Waals surface area contributed by atoms with Crippen molar-refractivity contribution in [1.82, 2.24) is 10.6 Å². The van der Waals surface area contributed by atoms with E-state index >= 15 is 0 Å². The molecule has 0 saturated heterocycles. The summed E-state index contributed by atoms with van der Waals surface area (Å²) in [7, 11) is 0. The van der Waals surface area contributed by atoms with Gasteiger partial charge in [0.1, 0.15) is 0 Å². The number of hydrogen-bond acceptors (Lipinski definition) is 3. The van der Waals surface area contributed by atoms with Gasteiger partial charge in [0.05, 0.1) is 13.1 Å². The van der Waals surface area contributed by atoms with Gasteiger partial charge in [-0.1, -0.05) is 34.9 Å². The van der Waals surface area contributed by atoms with Crippen molar-refractivity contribution in [2.24, 2.45) is 0 Å². The molecular formula is C22H27N3O3. The fraction of sp³-hybridized carbons (Fsp3) is 0.318.